The van der Waals surface area contributed by atoms with E-state index in [1.165, 1.54) is 7.11 Å². The maximum Gasteiger partial charge on any atom is 0.305 e. The summed E-state index contributed by atoms with van der Waals surface area (Å²) in [6.07, 6.45) is 1.51. The fraction of sp³-hybridized carbons (Fsp3) is 0.857. The van der Waals surface area contributed by atoms with Gasteiger partial charge in [0.1, 0.15) is 0 Å². The van der Waals surface area contributed by atoms with E-state index in [1.807, 2.05) is 0 Å². The first-order chi connectivity index (χ1) is 4.83. The second-order valence-corrected chi connectivity index (χ2v) is 2.51. The lowest BCUT2D eigenvalue weighted by Gasteiger charge is -2.03. The number of rotatable bonds is 2. The highest BCUT2D eigenvalue weighted by Crippen LogP contribution is 2.16. The molecule has 0 aromatic heterocycles. The van der Waals surface area contributed by atoms with Gasteiger partial charge in [0, 0.05) is 6.61 Å². The van der Waals surface area contributed by atoms with Crippen molar-refractivity contribution >= 4 is 5.97 Å². The number of esters is 1. The van der Waals surface area contributed by atoms with Gasteiger partial charge in [-0.2, -0.15) is 0 Å². The Morgan fingerprint density at radius 2 is 2.60 bits per heavy atom. The molecule has 0 radical (unpaired) electrons. The predicted molar refractivity (Wildman–Crippen MR) is 35.6 cm³/mol. The molecule has 3 nitrogen and oxygen atoms in total. The van der Waals surface area contributed by atoms with Crippen molar-refractivity contribution in [2.75, 3.05) is 20.3 Å². The van der Waals surface area contributed by atoms with Gasteiger partial charge in [-0.1, -0.05) is 0 Å². The fourth-order valence-electron chi connectivity index (χ4n) is 1.06. The fourth-order valence-corrected chi connectivity index (χ4v) is 1.06. The summed E-state index contributed by atoms with van der Waals surface area (Å²) >= 11 is 0. The molecule has 1 fully saturated rings. The van der Waals surface area contributed by atoms with E-state index in [4.69, 9.17) is 4.74 Å². The molecule has 1 rings (SSSR count). The van der Waals surface area contributed by atoms with Crippen LogP contribution >= 0.6 is 0 Å². The maximum atomic E-state index is 10.7. The van der Waals surface area contributed by atoms with Gasteiger partial charge < -0.3 is 9.47 Å². The van der Waals surface area contributed by atoms with Gasteiger partial charge in [-0.05, 0) is 12.3 Å². The lowest BCUT2D eigenvalue weighted by molar-refractivity contribution is -0.141. The number of carbonyl (C=O) groups excluding carboxylic acids is 1. The minimum Gasteiger partial charge on any atom is -0.469 e. The van der Waals surface area contributed by atoms with Crippen molar-refractivity contribution in [3.8, 4) is 0 Å². The van der Waals surface area contributed by atoms with Crippen LogP contribution in [0.3, 0.4) is 0 Å². The van der Waals surface area contributed by atoms with Crippen molar-refractivity contribution in [3.05, 3.63) is 0 Å². The Hall–Kier alpha value is -0.570. The molecule has 1 heterocycles. The normalized spacial score (nSPS) is 24.7. The van der Waals surface area contributed by atoms with Crippen molar-refractivity contribution in [3.63, 3.8) is 0 Å². The number of hydrogen-bond donors (Lipinski definition) is 0. The van der Waals surface area contributed by atoms with Crippen molar-refractivity contribution < 1.29 is 14.3 Å². The largest absolute Gasteiger partial charge is 0.469 e. The molecule has 1 aliphatic heterocycles. The standard InChI is InChI=1S/C7H12O3/c1-9-7(8)4-6-2-3-10-5-6/h6H,2-5H2,1H3. The lowest BCUT2D eigenvalue weighted by Crippen LogP contribution is -2.09. The first kappa shape index (κ1) is 7.54. The quantitative estimate of drug-likeness (QED) is 0.532. The molecule has 0 aromatic carbocycles. The van der Waals surface area contributed by atoms with Crippen LogP contribution in [0.4, 0.5) is 0 Å². The Balaban J connectivity index is 2.17. The van der Waals surface area contributed by atoms with E-state index in [-0.39, 0.29) is 5.97 Å². The van der Waals surface area contributed by atoms with Crippen molar-refractivity contribution in [2.24, 2.45) is 5.92 Å². The molecule has 58 valence electrons. The summed E-state index contributed by atoms with van der Waals surface area (Å²) in [4.78, 5) is 10.7. The van der Waals surface area contributed by atoms with Gasteiger partial charge in [0.05, 0.1) is 20.1 Å². The summed E-state index contributed by atoms with van der Waals surface area (Å²) < 4.78 is 9.61. The summed E-state index contributed by atoms with van der Waals surface area (Å²) in [7, 11) is 1.41. The summed E-state index contributed by atoms with van der Waals surface area (Å²) in [5, 5.41) is 0. The zero-order chi connectivity index (χ0) is 7.40. The van der Waals surface area contributed by atoms with E-state index >= 15 is 0 Å². The SMILES string of the molecule is COC(=O)CC1CCOC1. The van der Waals surface area contributed by atoms with Gasteiger partial charge >= 0.3 is 5.97 Å². The number of methoxy groups -OCH3 is 1. The third-order valence-electron chi connectivity index (χ3n) is 1.71. The van der Waals surface area contributed by atoms with Crippen LogP contribution in [-0.4, -0.2) is 26.3 Å². The zero-order valence-corrected chi connectivity index (χ0v) is 6.13. The summed E-state index contributed by atoms with van der Waals surface area (Å²) in [6, 6.07) is 0. The highest BCUT2D eigenvalue weighted by molar-refractivity contribution is 5.69. The van der Waals surface area contributed by atoms with Crippen LogP contribution in [0, 0.1) is 5.92 Å². The van der Waals surface area contributed by atoms with Crippen LogP contribution < -0.4 is 0 Å². The molecule has 0 spiro atoms. The Morgan fingerprint density at radius 3 is 3.10 bits per heavy atom. The molecule has 0 bridgehead atoms. The van der Waals surface area contributed by atoms with Gasteiger partial charge in [-0.3, -0.25) is 4.79 Å². The van der Waals surface area contributed by atoms with Gasteiger partial charge in [0.2, 0.25) is 0 Å². The lowest BCUT2D eigenvalue weighted by atomic mass is 10.1. The topological polar surface area (TPSA) is 35.5 Å². The molecule has 1 unspecified atom stereocenters. The highest BCUT2D eigenvalue weighted by atomic mass is 16.5. The highest BCUT2D eigenvalue weighted by Gasteiger charge is 2.18. The van der Waals surface area contributed by atoms with E-state index in [0.717, 1.165) is 19.6 Å². The Morgan fingerprint density at radius 1 is 1.80 bits per heavy atom. The van der Waals surface area contributed by atoms with E-state index < -0.39 is 0 Å². The maximum absolute atomic E-state index is 10.7. The Bertz CT molecular complexity index is 116. The number of hydrogen-bond acceptors (Lipinski definition) is 3. The predicted octanol–water partition coefficient (Wildman–Crippen LogP) is 0.586. The van der Waals surface area contributed by atoms with Crippen LogP contribution in [0.15, 0.2) is 0 Å². The van der Waals surface area contributed by atoms with E-state index in [2.05, 4.69) is 4.74 Å². The average Bonchev–Trinajstić information content (AvgIpc) is 2.40. The molecule has 0 saturated carbocycles. The van der Waals surface area contributed by atoms with E-state index in [0.29, 0.717) is 12.3 Å². The van der Waals surface area contributed by atoms with E-state index in [9.17, 15) is 4.79 Å². The van der Waals surface area contributed by atoms with Gasteiger partial charge in [0.25, 0.3) is 0 Å². The molecule has 0 aliphatic carbocycles. The van der Waals surface area contributed by atoms with Crippen LogP contribution in [0.5, 0.6) is 0 Å². The molecule has 10 heavy (non-hydrogen) atoms. The molecule has 0 N–H and O–H groups in total. The minimum absolute atomic E-state index is 0.129. The van der Waals surface area contributed by atoms with Gasteiger partial charge in [0.15, 0.2) is 0 Å². The first-order valence-corrected chi connectivity index (χ1v) is 3.47. The molecular formula is C7H12O3. The summed E-state index contributed by atoms with van der Waals surface area (Å²) in [5.74, 6) is 0.267. The molecule has 1 saturated heterocycles. The van der Waals surface area contributed by atoms with Crippen LogP contribution in [0.2, 0.25) is 0 Å². The van der Waals surface area contributed by atoms with Crippen molar-refractivity contribution in [2.45, 2.75) is 12.8 Å². The Labute approximate surface area is 60.3 Å². The monoisotopic (exact) mass is 144 g/mol. The second-order valence-electron chi connectivity index (χ2n) is 2.51. The Kier molecular flexibility index (Phi) is 2.68. The molecule has 0 amide bonds. The number of ether oxygens (including phenoxy) is 2. The minimum atomic E-state index is -0.129. The van der Waals surface area contributed by atoms with Crippen molar-refractivity contribution in [1.82, 2.24) is 0 Å². The van der Waals surface area contributed by atoms with Gasteiger partial charge in [-0.25, -0.2) is 0 Å². The third kappa shape index (κ3) is 1.99. The molecule has 1 atom stereocenters. The smallest absolute Gasteiger partial charge is 0.305 e. The van der Waals surface area contributed by atoms with Crippen LogP contribution in [0.25, 0.3) is 0 Å². The molecular weight excluding hydrogens is 132 g/mol. The van der Waals surface area contributed by atoms with Crippen molar-refractivity contribution in [1.29, 1.82) is 0 Å². The average molecular weight is 144 g/mol. The molecule has 3 heteroatoms. The van der Waals surface area contributed by atoms with Crippen LogP contribution in [-0.2, 0) is 14.3 Å². The summed E-state index contributed by atoms with van der Waals surface area (Å²) in [6.45, 7) is 1.51. The molecule has 1 aliphatic rings. The van der Waals surface area contributed by atoms with Crippen LogP contribution in [0.1, 0.15) is 12.8 Å². The number of carbonyl (C=O) groups is 1. The second kappa shape index (κ2) is 3.56. The zero-order valence-electron chi connectivity index (χ0n) is 6.13. The first-order valence-electron chi connectivity index (χ1n) is 3.47. The summed E-state index contributed by atoms with van der Waals surface area (Å²) in [5.41, 5.74) is 0. The van der Waals surface area contributed by atoms with Gasteiger partial charge in [-0.15, -0.1) is 0 Å². The van der Waals surface area contributed by atoms with E-state index in [1.54, 1.807) is 0 Å². The third-order valence-corrected chi connectivity index (χ3v) is 1.71. The molecule has 0 aromatic rings.